The van der Waals surface area contributed by atoms with Crippen LogP contribution < -0.4 is 10.5 Å². The van der Waals surface area contributed by atoms with Gasteiger partial charge in [-0.2, -0.15) is 0 Å². The SMILES string of the molecule is NCCCS(=O)(=O)Nc1ccc(F)cc1Cl. The molecule has 0 bridgehead atoms. The van der Waals surface area contributed by atoms with Crippen LogP contribution in [0.5, 0.6) is 0 Å². The van der Waals surface area contributed by atoms with Crippen molar-refractivity contribution in [2.45, 2.75) is 6.42 Å². The molecule has 3 N–H and O–H groups in total. The number of benzene rings is 1. The number of nitrogens with two attached hydrogens (primary N) is 1. The predicted molar refractivity (Wildman–Crippen MR) is 62.5 cm³/mol. The Bertz CT molecular complexity index is 465. The summed E-state index contributed by atoms with van der Waals surface area (Å²) in [6, 6.07) is 3.45. The van der Waals surface area contributed by atoms with Crippen LogP contribution in [-0.2, 0) is 10.0 Å². The van der Waals surface area contributed by atoms with Gasteiger partial charge in [-0.3, -0.25) is 4.72 Å². The van der Waals surface area contributed by atoms with Crippen LogP contribution in [0.25, 0.3) is 0 Å². The molecule has 0 saturated heterocycles. The van der Waals surface area contributed by atoms with E-state index in [1.54, 1.807) is 0 Å². The zero-order valence-corrected chi connectivity index (χ0v) is 9.98. The van der Waals surface area contributed by atoms with Gasteiger partial charge in [0.2, 0.25) is 10.0 Å². The van der Waals surface area contributed by atoms with Gasteiger partial charge in [-0.15, -0.1) is 0 Å². The fourth-order valence-corrected chi connectivity index (χ4v) is 2.50. The Kier molecular flexibility index (Phi) is 4.52. The summed E-state index contributed by atoms with van der Waals surface area (Å²) in [5, 5.41) is 0.0244. The number of hydrogen-bond acceptors (Lipinski definition) is 3. The highest BCUT2D eigenvalue weighted by molar-refractivity contribution is 7.92. The average molecular weight is 267 g/mol. The van der Waals surface area contributed by atoms with Crippen LogP contribution in [0.3, 0.4) is 0 Å². The third kappa shape index (κ3) is 3.96. The summed E-state index contributed by atoms with van der Waals surface area (Å²) in [6.07, 6.45) is 0.355. The molecule has 0 saturated carbocycles. The molecule has 0 aromatic heterocycles. The molecule has 90 valence electrons. The zero-order valence-electron chi connectivity index (χ0n) is 8.41. The van der Waals surface area contributed by atoms with Crippen molar-refractivity contribution in [2.24, 2.45) is 5.73 Å². The minimum Gasteiger partial charge on any atom is -0.330 e. The predicted octanol–water partition coefficient (Wildman–Crippen LogP) is 1.57. The Balaban J connectivity index is 2.80. The first-order valence-electron chi connectivity index (χ1n) is 4.60. The molecule has 0 aliphatic heterocycles. The molecule has 0 fully saturated rings. The first-order valence-corrected chi connectivity index (χ1v) is 6.63. The maximum absolute atomic E-state index is 12.7. The van der Waals surface area contributed by atoms with E-state index in [1.165, 1.54) is 6.07 Å². The third-order valence-corrected chi connectivity index (χ3v) is 3.48. The van der Waals surface area contributed by atoms with Gasteiger partial charge in [-0.05, 0) is 31.2 Å². The van der Waals surface area contributed by atoms with Crippen LogP contribution in [0.2, 0.25) is 5.02 Å². The van der Waals surface area contributed by atoms with Crippen LogP contribution in [0.1, 0.15) is 6.42 Å². The summed E-state index contributed by atoms with van der Waals surface area (Å²) < 4.78 is 37.9. The smallest absolute Gasteiger partial charge is 0.232 e. The van der Waals surface area contributed by atoms with Gasteiger partial charge in [0.25, 0.3) is 0 Å². The van der Waals surface area contributed by atoms with Gasteiger partial charge in [0.05, 0.1) is 16.5 Å². The van der Waals surface area contributed by atoms with Crippen molar-refractivity contribution in [2.75, 3.05) is 17.0 Å². The largest absolute Gasteiger partial charge is 0.330 e. The zero-order chi connectivity index (χ0) is 12.2. The minimum absolute atomic E-state index is 0.0244. The molecular weight excluding hydrogens is 255 g/mol. The van der Waals surface area contributed by atoms with Crippen molar-refractivity contribution in [3.63, 3.8) is 0 Å². The molecule has 0 aliphatic carbocycles. The maximum Gasteiger partial charge on any atom is 0.232 e. The number of sulfonamides is 1. The molecule has 0 heterocycles. The van der Waals surface area contributed by atoms with E-state index in [9.17, 15) is 12.8 Å². The van der Waals surface area contributed by atoms with Gasteiger partial charge in [-0.25, -0.2) is 12.8 Å². The Labute approximate surface area is 98.6 Å². The number of halogens is 2. The van der Waals surface area contributed by atoms with E-state index >= 15 is 0 Å². The Morgan fingerprint density at radius 3 is 2.69 bits per heavy atom. The van der Waals surface area contributed by atoms with Gasteiger partial charge in [0, 0.05) is 0 Å². The summed E-state index contributed by atoms with van der Waals surface area (Å²) in [5.41, 5.74) is 5.38. The Morgan fingerprint density at radius 2 is 2.12 bits per heavy atom. The minimum atomic E-state index is -3.47. The molecular formula is C9H12ClFN2O2S. The van der Waals surface area contributed by atoms with Gasteiger partial charge in [0.15, 0.2) is 0 Å². The van der Waals surface area contributed by atoms with E-state index in [4.69, 9.17) is 17.3 Å². The molecule has 0 amide bonds. The second-order valence-electron chi connectivity index (χ2n) is 3.19. The van der Waals surface area contributed by atoms with E-state index in [-0.39, 0.29) is 23.0 Å². The monoisotopic (exact) mass is 266 g/mol. The highest BCUT2D eigenvalue weighted by atomic mass is 35.5. The van der Waals surface area contributed by atoms with Crippen molar-refractivity contribution in [3.8, 4) is 0 Å². The lowest BCUT2D eigenvalue weighted by atomic mass is 10.3. The van der Waals surface area contributed by atoms with Crippen LogP contribution in [-0.4, -0.2) is 20.7 Å². The Hall–Kier alpha value is -0.850. The summed E-state index contributed by atoms with van der Waals surface area (Å²) in [7, 11) is -3.47. The van der Waals surface area contributed by atoms with Gasteiger partial charge in [-0.1, -0.05) is 11.6 Å². The number of anilines is 1. The second-order valence-corrected chi connectivity index (χ2v) is 5.44. The molecule has 0 aliphatic rings. The summed E-state index contributed by atoms with van der Waals surface area (Å²) in [5.74, 6) is -0.605. The van der Waals surface area contributed by atoms with Crippen LogP contribution >= 0.6 is 11.6 Å². The van der Waals surface area contributed by atoms with Crippen LogP contribution in [0.15, 0.2) is 18.2 Å². The summed E-state index contributed by atoms with van der Waals surface area (Å²) in [4.78, 5) is 0. The third-order valence-electron chi connectivity index (χ3n) is 1.81. The summed E-state index contributed by atoms with van der Waals surface area (Å²) >= 11 is 5.68. The fourth-order valence-electron chi connectivity index (χ4n) is 1.06. The van der Waals surface area contributed by atoms with Crippen molar-refractivity contribution in [1.82, 2.24) is 0 Å². The lowest BCUT2D eigenvalue weighted by molar-refractivity contribution is 0.598. The highest BCUT2D eigenvalue weighted by Gasteiger charge is 2.12. The molecule has 0 unspecified atom stereocenters. The Morgan fingerprint density at radius 1 is 1.44 bits per heavy atom. The fraction of sp³-hybridized carbons (Fsp3) is 0.333. The van der Waals surface area contributed by atoms with Gasteiger partial charge in [0.1, 0.15) is 5.82 Å². The second kappa shape index (κ2) is 5.47. The van der Waals surface area contributed by atoms with Crippen molar-refractivity contribution in [3.05, 3.63) is 29.0 Å². The molecule has 0 radical (unpaired) electrons. The highest BCUT2D eigenvalue weighted by Crippen LogP contribution is 2.23. The van der Waals surface area contributed by atoms with E-state index in [0.29, 0.717) is 6.42 Å². The molecule has 1 rings (SSSR count). The normalized spacial score (nSPS) is 11.4. The number of rotatable bonds is 5. The maximum atomic E-state index is 12.7. The molecule has 7 heteroatoms. The van der Waals surface area contributed by atoms with E-state index in [1.807, 2.05) is 0 Å². The molecule has 4 nitrogen and oxygen atoms in total. The number of hydrogen-bond donors (Lipinski definition) is 2. The molecule has 16 heavy (non-hydrogen) atoms. The standard InChI is InChI=1S/C9H12ClFN2O2S/c10-8-6-7(11)2-3-9(8)13-16(14,15)5-1-4-12/h2-3,6,13H,1,4-5,12H2. The average Bonchev–Trinajstić information content (AvgIpc) is 2.19. The molecule has 1 aromatic carbocycles. The van der Waals surface area contributed by atoms with E-state index < -0.39 is 15.8 Å². The summed E-state index contributed by atoms with van der Waals surface area (Å²) in [6.45, 7) is 0.290. The first-order chi connectivity index (χ1) is 7.44. The number of nitrogens with one attached hydrogen (secondary N) is 1. The van der Waals surface area contributed by atoms with Crippen molar-refractivity contribution in [1.29, 1.82) is 0 Å². The van der Waals surface area contributed by atoms with Crippen molar-refractivity contribution >= 4 is 27.3 Å². The molecule has 1 aromatic rings. The molecule has 0 atom stereocenters. The van der Waals surface area contributed by atoms with E-state index in [2.05, 4.69) is 4.72 Å². The topological polar surface area (TPSA) is 72.2 Å². The lowest BCUT2D eigenvalue weighted by Crippen LogP contribution is -2.19. The van der Waals surface area contributed by atoms with Crippen molar-refractivity contribution < 1.29 is 12.8 Å². The van der Waals surface area contributed by atoms with Crippen LogP contribution in [0.4, 0.5) is 10.1 Å². The lowest BCUT2D eigenvalue weighted by Gasteiger charge is -2.08. The first kappa shape index (κ1) is 13.2. The van der Waals surface area contributed by atoms with Crippen LogP contribution in [0, 0.1) is 5.82 Å². The van der Waals surface area contributed by atoms with E-state index in [0.717, 1.165) is 12.1 Å². The molecule has 0 spiro atoms. The quantitative estimate of drug-likeness (QED) is 0.850. The van der Waals surface area contributed by atoms with Gasteiger partial charge < -0.3 is 5.73 Å². The van der Waals surface area contributed by atoms with Gasteiger partial charge >= 0.3 is 0 Å².